The number of aryl methyl sites for hydroxylation is 1. The van der Waals surface area contributed by atoms with Crippen LogP contribution in [-0.2, 0) is 6.42 Å². The topological polar surface area (TPSA) is 40.5 Å². The molecule has 0 bridgehead atoms. The predicted octanol–water partition coefficient (Wildman–Crippen LogP) is 4.25. The normalized spacial score (nSPS) is 16.2. The van der Waals surface area contributed by atoms with Gasteiger partial charge in [-0.2, -0.15) is 0 Å². The van der Waals surface area contributed by atoms with E-state index in [-0.39, 0.29) is 17.4 Å². The Bertz CT molecular complexity index is 752. The molecule has 2 nitrogen and oxygen atoms in total. The first-order valence-corrected chi connectivity index (χ1v) is 7.67. The summed E-state index contributed by atoms with van der Waals surface area (Å²) in [6.45, 7) is 1.84. The van der Waals surface area contributed by atoms with Gasteiger partial charge in [-0.15, -0.1) is 0 Å². The molecule has 2 aromatic rings. The summed E-state index contributed by atoms with van der Waals surface area (Å²) >= 11 is 3.41. The number of hydrogen-bond donors (Lipinski definition) is 2. The minimum absolute atomic E-state index is 0.0221. The van der Waals surface area contributed by atoms with Crippen molar-refractivity contribution in [3.8, 4) is 23.3 Å². The summed E-state index contributed by atoms with van der Waals surface area (Å²) in [6.07, 6.45) is 1.83. The Labute approximate surface area is 132 Å². The Kier molecular flexibility index (Phi) is 3.65. The third-order valence-electron chi connectivity index (χ3n) is 3.94. The van der Waals surface area contributed by atoms with Gasteiger partial charge in [0.1, 0.15) is 0 Å². The van der Waals surface area contributed by atoms with Crippen LogP contribution in [-0.4, -0.2) is 10.2 Å². The van der Waals surface area contributed by atoms with Gasteiger partial charge in [-0.25, -0.2) is 0 Å². The fraction of sp³-hybridized carbons (Fsp3) is 0.222. The molecular formula is C18H15BrO2. The standard InChI is InChI=1S/C18H15BrO2/c1-11-17-13(5-2-12-3-8-15(19)9-4-12)6-7-14(17)10-16(20)18(11)21/h3-4,8-10,13,20-21H,6-7H2,1H3. The number of halogens is 1. The zero-order valence-corrected chi connectivity index (χ0v) is 13.2. The fourth-order valence-electron chi connectivity index (χ4n) is 2.86. The van der Waals surface area contributed by atoms with E-state index in [0.29, 0.717) is 0 Å². The highest BCUT2D eigenvalue weighted by Crippen LogP contribution is 2.42. The van der Waals surface area contributed by atoms with Crippen molar-refractivity contribution in [1.82, 2.24) is 0 Å². The maximum atomic E-state index is 9.90. The van der Waals surface area contributed by atoms with Crippen molar-refractivity contribution in [3.05, 3.63) is 57.1 Å². The van der Waals surface area contributed by atoms with Crippen molar-refractivity contribution < 1.29 is 10.2 Å². The van der Waals surface area contributed by atoms with E-state index >= 15 is 0 Å². The molecule has 0 heterocycles. The molecule has 3 heteroatoms. The van der Waals surface area contributed by atoms with Gasteiger partial charge < -0.3 is 10.2 Å². The molecule has 1 atom stereocenters. The first kappa shape index (κ1) is 14.0. The Balaban J connectivity index is 1.95. The zero-order valence-electron chi connectivity index (χ0n) is 11.7. The molecule has 0 aromatic heterocycles. The van der Waals surface area contributed by atoms with Gasteiger partial charge in [0.15, 0.2) is 11.5 Å². The second-order valence-corrected chi connectivity index (χ2v) is 6.23. The highest BCUT2D eigenvalue weighted by molar-refractivity contribution is 9.10. The van der Waals surface area contributed by atoms with E-state index in [1.54, 1.807) is 6.07 Å². The van der Waals surface area contributed by atoms with E-state index in [0.717, 1.165) is 39.6 Å². The van der Waals surface area contributed by atoms with Crippen molar-refractivity contribution in [2.24, 2.45) is 0 Å². The van der Waals surface area contributed by atoms with Crippen LogP contribution in [0.3, 0.4) is 0 Å². The molecular weight excluding hydrogens is 328 g/mol. The number of benzene rings is 2. The van der Waals surface area contributed by atoms with Crippen LogP contribution < -0.4 is 0 Å². The van der Waals surface area contributed by atoms with Gasteiger partial charge in [-0.05, 0) is 66.8 Å². The fourth-order valence-corrected chi connectivity index (χ4v) is 3.12. The summed E-state index contributed by atoms with van der Waals surface area (Å²) in [5, 5.41) is 19.6. The first-order valence-electron chi connectivity index (χ1n) is 6.87. The van der Waals surface area contributed by atoms with E-state index in [2.05, 4.69) is 27.8 Å². The van der Waals surface area contributed by atoms with Crippen LogP contribution in [0.1, 0.15) is 34.6 Å². The number of aromatic hydroxyl groups is 2. The highest BCUT2D eigenvalue weighted by atomic mass is 79.9. The SMILES string of the molecule is Cc1c(O)c(O)cc2c1C(C#Cc1ccc(Br)cc1)CC2. The summed E-state index contributed by atoms with van der Waals surface area (Å²) in [5.41, 5.74) is 3.90. The van der Waals surface area contributed by atoms with Gasteiger partial charge in [0.2, 0.25) is 0 Å². The van der Waals surface area contributed by atoms with E-state index in [4.69, 9.17) is 0 Å². The van der Waals surface area contributed by atoms with Gasteiger partial charge in [0.05, 0.1) is 0 Å². The summed E-state index contributed by atoms with van der Waals surface area (Å²) in [5.74, 6) is 6.57. The van der Waals surface area contributed by atoms with Crippen LogP contribution in [0.4, 0.5) is 0 Å². The lowest BCUT2D eigenvalue weighted by atomic mass is 9.95. The number of phenols is 2. The van der Waals surface area contributed by atoms with Crippen molar-refractivity contribution in [2.75, 3.05) is 0 Å². The number of hydrogen-bond acceptors (Lipinski definition) is 2. The second kappa shape index (κ2) is 5.46. The van der Waals surface area contributed by atoms with Crippen molar-refractivity contribution in [2.45, 2.75) is 25.7 Å². The monoisotopic (exact) mass is 342 g/mol. The quantitative estimate of drug-likeness (QED) is 0.555. The molecule has 0 aliphatic heterocycles. The van der Waals surface area contributed by atoms with Crippen LogP contribution in [0.2, 0.25) is 0 Å². The van der Waals surface area contributed by atoms with Crippen LogP contribution in [0.25, 0.3) is 0 Å². The lowest BCUT2D eigenvalue weighted by molar-refractivity contribution is 0.400. The second-order valence-electron chi connectivity index (χ2n) is 5.31. The van der Waals surface area contributed by atoms with Crippen LogP contribution in [0.15, 0.2) is 34.8 Å². The summed E-state index contributed by atoms with van der Waals surface area (Å²) in [4.78, 5) is 0. The van der Waals surface area contributed by atoms with Crippen molar-refractivity contribution >= 4 is 15.9 Å². The smallest absolute Gasteiger partial charge is 0.160 e. The molecule has 0 saturated heterocycles. The Morgan fingerprint density at radius 2 is 1.90 bits per heavy atom. The molecule has 0 spiro atoms. The van der Waals surface area contributed by atoms with Crippen LogP contribution in [0, 0.1) is 18.8 Å². The number of fused-ring (bicyclic) bond motifs is 1. The molecule has 106 valence electrons. The Hall–Kier alpha value is -1.92. The minimum atomic E-state index is -0.0345. The van der Waals surface area contributed by atoms with Gasteiger partial charge in [0.25, 0.3) is 0 Å². The maximum absolute atomic E-state index is 9.90. The van der Waals surface area contributed by atoms with E-state index in [1.807, 2.05) is 31.2 Å². The maximum Gasteiger partial charge on any atom is 0.160 e. The van der Waals surface area contributed by atoms with Crippen molar-refractivity contribution in [3.63, 3.8) is 0 Å². The molecule has 1 unspecified atom stereocenters. The van der Waals surface area contributed by atoms with E-state index in [1.165, 1.54) is 0 Å². The molecule has 3 rings (SSSR count). The average Bonchev–Trinajstić information content (AvgIpc) is 2.87. The molecule has 21 heavy (non-hydrogen) atoms. The number of phenolic OH excluding ortho intramolecular Hbond substituents is 2. The van der Waals surface area contributed by atoms with E-state index in [9.17, 15) is 10.2 Å². The predicted molar refractivity (Wildman–Crippen MR) is 86.6 cm³/mol. The summed E-state index contributed by atoms with van der Waals surface area (Å²) in [6, 6.07) is 9.57. The third kappa shape index (κ3) is 2.64. The molecule has 1 aliphatic carbocycles. The largest absolute Gasteiger partial charge is 0.504 e. The first-order chi connectivity index (χ1) is 10.1. The van der Waals surface area contributed by atoms with Gasteiger partial charge in [-0.1, -0.05) is 27.8 Å². The van der Waals surface area contributed by atoms with E-state index < -0.39 is 0 Å². The summed E-state index contributed by atoms with van der Waals surface area (Å²) < 4.78 is 1.04. The molecule has 1 aliphatic rings. The highest BCUT2D eigenvalue weighted by Gasteiger charge is 2.26. The lowest BCUT2D eigenvalue weighted by Crippen LogP contribution is -1.94. The Morgan fingerprint density at radius 1 is 1.19 bits per heavy atom. The molecule has 2 aromatic carbocycles. The molecule has 0 saturated carbocycles. The zero-order chi connectivity index (χ0) is 15.0. The van der Waals surface area contributed by atoms with Gasteiger partial charge in [-0.3, -0.25) is 0 Å². The molecule has 2 N–H and O–H groups in total. The van der Waals surface area contributed by atoms with Crippen LogP contribution >= 0.6 is 15.9 Å². The molecule has 0 amide bonds. The minimum Gasteiger partial charge on any atom is -0.504 e. The van der Waals surface area contributed by atoms with Crippen LogP contribution in [0.5, 0.6) is 11.5 Å². The van der Waals surface area contributed by atoms with Crippen molar-refractivity contribution in [1.29, 1.82) is 0 Å². The Morgan fingerprint density at radius 3 is 2.62 bits per heavy atom. The van der Waals surface area contributed by atoms with Gasteiger partial charge >= 0.3 is 0 Å². The average molecular weight is 343 g/mol. The molecule has 0 fully saturated rings. The third-order valence-corrected chi connectivity index (χ3v) is 4.47. The lowest BCUT2D eigenvalue weighted by Gasteiger charge is -2.11. The molecule has 0 radical (unpaired) electrons. The number of rotatable bonds is 0. The summed E-state index contributed by atoms with van der Waals surface area (Å²) in [7, 11) is 0. The van der Waals surface area contributed by atoms with Gasteiger partial charge in [0, 0.05) is 16.0 Å².